The smallest absolute Gasteiger partial charge is 0.286 e. The van der Waals surface area contributed by atoms with Crippen LogP contribution in [-0.4, -0.2) is 28.1 Å². The van der Waals surface area contributed by atoms with Crippen molar-refractivity contribution in [3.05, 3.63) is 38.3 Å². The van der Waals surface area contributed by atoms with Crippen molar-refractivity contribution in [2.75, 3.05) is 17.7 Å². The normalized spacial score (nSPS) is 10.1. The molecule has 10 heteroatoms. The van der Waals surface area contributed by atoms with Crippen molar-refractivity contribution in [1.29, 1.82) is 0 Å². The third-order valence-electron chi connectivity index (χ3n) is 2.24. The Kier molecular flexibility index (Phi) is 4.11. The second kappa shape index (κ2) is 5.80. The molecule has 0 saturated carbocycles. The van der Waals surface area contributed by atoms with E-state index >= 15 is 0 Å². The monoisotopic (exact) mass is 313 g/mol. The van der Waals surface area contributed by atoms with Gasteiger partial charge in [-0.15, -0.1) is 10.2 Å². The van der Waals surface area contributed by atoms with Gasteiger partial charge in [-0.25, -0.2) is 0 Å². The number of amides is 1. The standard InChI is InChI=1S/C10H8ClN5O3S/c1-12-10-15-14-9(20-10)8(17)13-7-4-5(16(18)19)2-3-6(7)11/h2-4H,1H3,(H,12,15)(H,13,17). The highest BCUT2D eigenvalue weighted by atomic mass is 35.5. The van der Waals surface area contributed by atoms with Gasteiger partial charge in [0.2, 0.25) is 10.1 Å². The van der Waals surface area contributed by atoms with E-state index in [9.17, 15) is 14.9 Å². The van der Waals surface area contributed by atoms with Crippen LogP contribution in [0.3, 0.4) is 0 Å². The lowest BCUT2D eigenvalue weighted by Gasteiger charge is -2.04. The summed E-state index contributed by atoms with van der Waals surface area (Å²) < 4.78 is 0. The zero-order chi connectivity index (χ0) is 14.7. The number of anilines is 2. The molecule has 1 heterocycles. The molecule has 2 rings (SSSR count). The van der Waals surface area contributed by atoms with Crippen LogP contribution in [0.4, 0.5) is 16.5 Å². The number of non-ortho nitro benzene ring substituents is 1. The van der Waals surface area contributed by atoms with Crippen molar-refractivity contribution in [3.63, 3.8) is 0 Å². The maximum atomic E-state index is 11.9. The summed E-state index contributed by atoms with van der Waals surface area (Å²) >= 11 is 6.94. The molecule has 0 aliphatic carbocycles. The van der Waals surface area contributed by atoms with Gasteiger partial charge in [0.05, 0.1) is 15.6 Å². The van der Waals surface area contributed by atoms with Crippen molar-refractivity contribution < 1.29 is 9.72 Å². The number of nitro groups is 1. The molecule has 2 aromatic rings. The predicted octanol–water partition coefficient (Wildman–Crippen LogP) is 2.39. The number of carbonyl (C=O) groups excluding carboxylic acids is 1. The van der Waals surface area contributed by atoms with Gasteiger partial charge in [-0.1, -0.05) is 22.9 Å². The maximum Gasteiger partial charge on any atom is 0.286 e. The summed E-state index contributed by atoms with van der Waals surface area (Å²) in [5.41, 5.74) is -0.0232. The minimum atomic E-state index is -0.573. The third-order valence-corrected chi connectivity index (χ3v) is 3.51. The summed E-state index contributed by atoms with van der Waals surface area (Å²) in [6, 6.07) is 3.77. The number of carbonyl (C=O) groups is 1. The number of hydrogen-bond donors (Lipinski definition) is 2. The zero-order valence-electron chi connectivity index (χ0n) is 10.1. The van der Waals surface area contributed by atoms with Crippen LogP contribution in [0.1, 0.15) is 9.80 Å². The summed E-state index contributed by atoms with van der Waals surface area (Å²) in [7, 11) is 1.65. The number of hydrogen-bond acceptors (Lipinski definition) is 7. The summed E-state index contributed by atoms with van der Waals surface area (Å²) in [6.45, 7) is 0. The number of nitro benzene ring substituents is 1. The summed E-state index contributed by atoms with van der Waals surface area (Å²) in [6.07, 6.45) is 0. The van der Waals surface area contributed by atoms with Crippen LogP contribution in [0.15, 0.2) is 18.2 Å². The Morgan fingerprint density at radius 2 is 2.20 bits per heavy atom. The van der Waals surface area contributed by atoms with E-state index in [4.69, 9.17) is 11.6 Å². The van der Waals surface area contributed by atoms with E-state index in [1.165, 1.54) is 18.2 Å². The van der Waals surface area contributed by atoms with Crippen molar-refractivity contribution >= 4 is 45.4 Å². The van der Waals surface area contributed by atoms with Crippen molar-refractivity contribution in [2.24, 2.45) is 0 Å². The molecule has 0 spiro atoms. The van der Waals surface area contributed by atoms with E-state index in [-0.39, 0.29) is 21.4 Å². The van der Waals surface area contributed by atoms with E-state index < -0.39 is 10.8 Å². The topological polar surface area (TPSA) is 110 Å². The van der Waals surface area contributed by atoms with Crippen LogP contribution < -0.4 is 10.6 Å². The fraction of sp³-hybridized carbons (Fsp3) is 0.100. The van der Waals surface area contributed by atoms with Crippen LogP contribution in [0.25, 0.3) is 0 Å². The van der Waals surface area contributed by atoms with E-state index in [1.54, 1.807) is 7.05 Å². The van der Waals surface area contributed by atoms with Crippen LogP contribution in [0, 0.1) is 10.1 Å². The lowest BCUT2D eigenvalue weighted by Crippen LogP contribution is -2.12. The average molecular weight is 314 g/mol. The number of halogens is 1. The van der Waals surface area contributed by atoms with Gasteiger partial charge in [-0.2, -0.15) is 0 Å². The Balaban J connectivity index is 2.22. The Bertz CT molecular complexity index is 675. The highest BCUT2D eigenvalue weighted by Crippen LogP contribution is 2.27. The molecule has 0 atom stereocenters. The first-order chi connectivity index (χ1) is 9.51. The van der Waals surface area contributed by atoms with Gasteiger partial charge < -0.3 is 10.6 Å². The lowest BCUT2D eigenvalue weighted by atomic mass is 10.3. The highest BCUT2D eigenvalue weighted by molar-refractivity contribution is 7.17. The summed E-state index contributed by atoms with van der Waals surface area (Å²) in [5.74, 6) is -0.536. The summed E-state index contributed by atoms with van der Waals surface area (Å²) in [4.78, 5) is 22.0. The molecule has 0 bridgehead atoms. The molecule has 2 N–H and O–H groups in total. The van der Waals surface area contributed by atoms with Gasteiger partial charge >= 0.3 is 0 Å². The van der Waals surface area contributed by atoms with Crippen LogP contribution in [-0.2, 0) is 0 Å². The molecule has 0 aliphatic rings. The first-order valence-corrected chi connectivity index (χ1v) is 6.47. The number of aromatic nitrogens is 2. The quantitative estimate of drug-likeness (QED) is 0.662. The minimum absolute atomic E-state index is 0.122. The Morgan fingerprint density at radius 3 is 2.80 bits per heavy atom. The van der Waals surface area contributed by atoms with Gasteiger partial charge in [-0.05, 0) is 6.07 Å². The Morgan fingerprint density at radius 1 is 1.45 bits per heavy atom. The second-order valence-corrected chi connectivity index (χ2v) is 4.92. The first kappa shape index (κ1) is 14.2. The van der Waals surface area contributed by atoms with Gasteiger partial charge in [-0.3, -0.25) is 14.9 Å². The van der Waals surface area contributed by atoms with E-state index in [2.05, 4.69) is 20.8 Å². The molecule has 0 fully saturated rings. The maximum absolute atomic E-state index is 11.9. The molecule has 0 unspecified atom stereocenters. The third kappa shape index (κ3) is 3.00. The SMILES string of the molecule is CNc1nnc(C(=O)Nc2cc([N+](=O)[O-])ccc2Cl)s1. The second-order valence-electron chi connectivity index (χ2n) is 3.54. The molecule has 1 aromatic carbocycles. The Hall–Kier alpha value is -2.26. The molecular weight excluding hydrogens is 306 g/mol. The fourth-order valence-electron chi connectivity index (χ4n) is 1.31. The van der Waals surface area contributed by atoms with Gasteiger partial charge in [0.25, 0.3) is 11.6 Å². The molecular formula is C10H8ClN5O3S. The van der Waals surface area contributed by atoms with Gasteiger partial charge in [0.1, 0.15) is 0 Å². The molecule has 8 nitrogen and oxygen atoms in total. The molecule has 1 amide bonds. The Labute approximate surface area is 121 Å². The van der Waals surface area contributed by atoms with Crippen molar-refractivity contribution in [1.82, 2.24) is 10.2 Å². The van der Waals surface area contributed by atoms with Crippen LogP contribution >= 0.6 is 22.9 Å². The van der Waals surface area contributed by atoms with Crippen molar-refractivity contribution in [2.45, 2.75) is 0 Å². The predicted molar refractivity (Wildman–Crippen MR) is 75.5 cm³/mol. The zero-order valence-corrected chi connectivity index (χ0v) is 11.7. The molecule has 104 valence electrons. The lowest BCUT2D eigenvalue weighted by molar-refractivity contribution is -0.384. The average Bonchev–Trinajstić information content (AvgIpc) is 2.89. The van der Waals surface area contributed by atoms with Crippen LogP contribution in [0.5, 0.6) is 0 Å². The fourth-order valence-corrected chi connectivity index (χ4v) is 2.07. The first-order valence-electron chi connectivity index (χ1n) is 5.28. The van der Waals surface area contributed by atoms with Crippen molar-refractivity contribution in [3.8, 4) is 0 Å². The van der Waals surface area contributed by atoms with E-state index in [0.29, 0.717) is 5.13 Å². The number of benzene rings is 1. The molecule has 20 heavy (non-hydrogen) atoms. The highest BCUT2D eigenvalue weighted by Gasteiger charge is 2.16. The molecule has 0 saturated heterocycles. The summed E-state index contributed by atoms with van der Waals surface area (Å²) in [5, 5.41) is 24.1. The van der Waals surface area contributed by atoms with E-state index in [1.807, 2.05) is 0 Å². The molecule has 1 aromatic heterocycles. The largest absolute Gasteiger partial charge is 0.363 e. The molecule has 0 aliphatic heterocycles. The number of rotatable bonds is 4. The molecule has 0 radical (unpaired) electrons. The minimum Gasteiger partial charge on any atom is -0.363 e. The van der Waals surface area contributed by atoms with Gasteiger partial charge in [0.15, 0.2) is 0 Å². The number of nitrogens with zero attached hydrogens (tertiary/aromatic N) is 3. The van der Waals surface area contributed by atoms with Crippen LogP contribution in [0.2, 0.25) is 5.02 Å². The van der Waals surface area contributed by atoms with Gasteiger partial charge in [0, 0.05) is 19.2 Å². The number of nitrogens with one attached hydrogen (secondary N) is 2. The van der Waals surface area contributed by atoms with E-state index in [0.717, 1.165) is 11.3 Å².